The van der Waals surface area contributed by atoms with Gasteiger partial charge in [0.25, 0.3) is 0 Å². The zero-order valence-corrected chi connectivity index (χ0v) is 17.2. The molecule has 2 aromatic carbocycles. The molecule has 27 heavy (non-hydrogen) atoms. The van der Waals surface area contributed by atoms with Crippen LogP contribution in [-0.4, -0.2) is 26.7 Å². The molecule has 0 heterocycles. The first-order chi connectivity index (χ1) is 12.5. The van der Waals surface area contributed by atoms with Crippen molar-refractivity contribution in [2.24, 2.45) is 4.99 Å². The van der Waals surface area contributed by atoms with Gasteiger partial charge < -0.3 is 20.1 Å². The van der Waals surface area contributed by atoms with Crippen LogP contribution in [0.2, 0.25) is 0 Å². The molecule has 0 aromatic heterocycles. The summed E-state index contributed by atoms with van der Waals surface area (Å²) in [6, 6.07) is 10.9. The molecule has 0 atom stereocenters. The highest BCUT2D eigenvalue weighted by atomic mass is 127. The first-order valence-corrected chi connectivity index (χ1v) is 7.82. The average Bonchev–Trinajstić information content (AvgIpc) is 2.62. The fourth-order valence-corrected chi connectivity index (χ4v) is 2.25. The van der Waals surface area contributed by atoms with E-state index in [0.29, 0.717) is 23.8 Å². The molecule has 0 aliphatic rings. The van der Waals surface area contributed by atoms with Crippen LogP contribution in [0.1, 0.15) is 11.1 Å². The summed E-state index contributed by atoms with van der Waals surface area (Å²) in [5, 5.41) is 6.03. The Kier molecular flexibility index (Phi) is 9.76. The van der Waals surface area contributed by atoms with Gasteiger partial charge in [-0.05, 0) is 29.8 Å². The van der Waals surface area contributed by atoms with Gasteiger partial charge in [-0.2, -0.15) is 8.78 Å². The minimum Gasteiger partial charge on any atom is -0.497 e. The summed E-state index contributed by atoms with van der Waals surface area (Å²) in [5.41, 5.74) is 1.26. The number of nitrogens with zero attached hydrogens (tertiary/aromatic N) is 1. The molecule has 9 heteroatoms. The van der Waals surface area contributed by atoms with Crippen molar-refractivity contribution in [3.05, 3.63) is 59.4 Å². The van der Waals surface area contributed by atoms with Crippen LogP contribution in [0.15, 0.2) is 47.5 Å². The molecule has 2 N–H and O–H groups in total. The van der Waals surface area contributed by atoms with Crippen molar-refractivity contribution in [3.8, 4) is 11.5 Å². The number of alkyl halides is 2. The number of rotatable bonds is 7. The number of halogens is 4. The second kappa shape index (κ2) is 11.5. The van der Waals surface area contributed by atoms with E-state index < -0.39 is 6.61 Å². The van der Waals surface area contributed by atoms with E-state index in [1.807, 2.05) is 0 Å². The highest BCUT2D eigenvalue weighted by Crippen LogP contribution is 2.26. The van der Waals surface area contributed by atoms with Crippen LogP contribution in [0.5, 0.6) is 11.5 Å². The van der Waals surface area contributed by atoms with E-state index in [2.05, 4.69) is 20.4 Å². The molecular weight excluding hydrogens is 474 g/mol. The largest absolute Gasteiger partial charge is 0.497 e. The molecule has 0 aliphatic carbocycles. The quantitative estimate of drug-likeness (QED) is 0.348. The Labute approximate surface area is 173 Å². The van der Waals surface area contributed by atoms with Gasteiger partial charge in [-0.25, -0.2) is 4.39 Å². The smallest absolute Gasteiger partial charge is 0.387 e. The molecule has 148 valence electrons. The SMILES string of the molecule is CN=C(NCc1cccc(F)c1)NCc1ccc(OC)cc1OC(F)F.I. The van der Waals surface area contributed by atoms with E-state index in [-0.39, 0.29) is 42.1 Å². The summed E-state index contributed by atoms with van der Waals surface area (Å²) in [4.78, 5) is 4.05. The molecule has 0 saturated heterocycles. The number of hydrogen-bond acceptors (Lipinski definition) is 3. The Balaban J connectivity index is 0.00000364. The standard InChI is InChI=1S/C18H20F3N3O2.HI/c1-22-18(23-10-12-4-3-5-14(19)8-12)24-11-13-6-7-15(25-2)9-16(13)26-17(20)21;/h3-9,17H,10-11H2,1-2H3,(H2,22,23,24);1H. The fraction of sp³-hybridized carbons (Fsp3) is 0.278. The van der Waals surface area contributed by atoms with Gasteiger partial charge in [0.1, 0.15) is 17.3 Å². The highest BCUT2D eigenvalue weighted by molar-refractivity contribution is 14.0. The van der Waals surface area contributed by atoms with Crippen molar-refractivity contribution in [1.82, 2.24) is 10.6 Å². The predicted octanol–water partition coefficient (Wildman–Crippen LogP) is 3.92. The number of aliphatic imine (C=N–C) groups is 1. The fourth-order valence-electron chi connectivity index (χ4n) is 2.25. The summed E-state index contributed by atoms with van der Waals surface area (Å²) >= 11 is 0. The maximum Gasteiger partial charge on any atom is 0.387 e. The van der Waals surface area contributed by atoms with Crippen molar-refractivity contribution in [2.75, 3.05) is 14.2 Å². The van der Waals surface area contributed by atoms with E-state index in [0.717, 1.165) is 5.56 Å². The van der Waals surface area contributed by atoms with Gasteiger partial charge >= 0.3 is 6.61 Å². The Morgan fingerprint density at radius 3 is 2.48 bits per heavy atom. The molecule has 0 amide bonds. The molecule has 0 bridgehead atoms. The van der Waals surface area contributed by atoms with Crippen LogP contribution in [-0.2, 0) is 13.1 Å². The van der Waals surface area contributed by atoms with Gasteiger partial charge in [-0.15, -0.1) is 24.0 Å². The Morgan fingerprint density at radius 2 is 1.85 bits per heavy atom. The Bertz CT molecular complexity index is 760. The number of benzene rings is 2. The number of methoxy groups -OCH3 is 1. The summed E-state index contributed by atoms with van der Waals surface area (Å²) in [7, 11) is 3.02. The molecule has 0 radical (unpaired) electrons. The minimum atomic E-state index is -2.94. The Hall–Kier alpha value is -2.17. The molecular formula is C18H21F3IN3O2. The molecule has 0 saturated carbocycles. The highest BCUT2D eigenvalue weighted by Gasteiger charge is 2.12. The van der Waals surface area contributed by atoms with Gasteiger partial charge in [0.05, 0.1) is 7.11 Å². The third kappa shape index (κ3) is 7.53. The van der Waals surface area contributed by atoms with E-state index in [1.54, 1.807) is 31.3 Å². The Morgan fingerprint density at radius 1 is 1.11 bits per heavy atom. The minimum absolute atomic E-state index is 0. The topological polar surface area (TPSA) is 54.9 Å². The van der Waals surface area contributed by atoms with E-state index in [1.165, 1.54) is 25.3 Å². The van der Waals surface area contributed by atoms with Crippen LogP contribution < -0.4 is 20.1 Å². The molecule has 0 fully saturated rings. The van der Waals surface area contributed by atoms with Gasteiger partial charge in [-0.3, -0.25) is 4.99 Å². The van der Waals surface area contributed by atoms with Crippen molar-refractivity contribution in [1.29, 1.82) is 0 Å². The molecule has 2 rings (SSSR count). The third-order valence-corrected chi connectivity index (χ3v) is 3.51. The summed E-state index contributed by atoms with van der Waals surface area (Å²) in [6.07, 6.45) is 0. The van der Waals surface area contributed by atoms with Crippen LogP contribution in [0.25, 0.3) is 0 Å². The monoisotopic (exact) mass is 495 g/mol. The third-order valence-electron chi connectivity index (χ3n) is 3.51. The summed E-state index contributed by atoms with van der Waals surface area (Å²) in [6.45, 7) is -2.37. The van der Waals surface area contributed by atoms with E-state index in [4.69, 9.17) is 4.74 Å². The normalized spacial score (nSPS) is 11.0. The zero-order chi connectivity index (χ0) is 18.9. The van der Waals surface area contributed by atoms with Crippen molar-refractivity contribution >= 4 is 29.9 Å². The molecule has 2 aromatic rings. The maximum absolute atomic E-state index is 13.2. The first-order valence-electron chi connectivity index (χ1n) is 7.82. The van der Waals surface area contributed by atoms with E-state index in [9.17, 15) is 13.2 Å². The maximum atomic E-state index is 13.2. The van der Waals surface area contributed by atoms with E-state index >= 15 is 0 Å². The summed E-state index contributed by atoms with van der Waals surface area (Å²) < 4.78 is 47.9. The van der Waals surface area contributed by atoms with Crippen molar-refractivity contribution < 1.29 is 22.6 Å². The van der Waals surface area contributed by atoms with Gasteiger partial charge in [0.15, 0.2) is 5.96 Å². The van der Waals surface area contributed by atoms with Crippen LogP contribution >= 0.6 is 24.0 Å². The lowest BCUT2D eigenvalue weighted by Crippen LogP contribution is -2.36. The zero-order valence-electron chi connectivity index (χ0n) is 14.8. The van der Waals surface area contributed by atoms with Crippen LogP contribution in [0.4, 0.5) is 13.2 Å². The number of nitrogens with one attached hydrogen (secondary N) is 2. The number of hydrogen-bond donors (Lipinski definition) is 2. The predicted molar refractivity (Wildman–Crippen MR) is 108 cm³/mol. The molecule has 0 spiro atoms. The molecule has 5 nitrogen and oxygen atoms in total. The number of guanidine groups is 1. The lowest BCUT2D eigenvalue weighted by atomic mass is 10.2. The second-order valence-corrected chi connectivity index (χ2v) is 5.26. The molecule has 0 unspecified atom stereocenters. The van der Waals surface area contributed by atoms with Gasteiger partial charge in [0.2, 0.25) is 0 Å². The first kappa shape index (κ1) is 22.9. The van der Waals surface area contributed by atoms with Crippen molar-refractivity contribution in [2.45, 2.75) is 19.7 Å². The van der Waals surface area contributed by atoms with Crippen LogP contribution in [0.3, 0.4) is 0 Å². The second-order valence-electron chi connectivity index (χ2n) is 5.26. The molecule has 0 aliphatic heterocycles. The van der Waals surface area contributed by atoms with Gasteiger partial charge in [0, 0.05) is 31.8 Å². The average molecular weight is 495 g/mol. The number of ether oxygens (including phenoxy) is 2. The lowest BCUT2D eigenvalue weighted by molar-refractivity contribution is -0.0505. The van der Waals surface area contributed by atoms with Crippen LogP contribution in [0, 0.1) is 5.82 Å². The lowest BCUT2D eigenvalue weighted by Gasteiger charge is -2.15. The van der Waals surface area contributed by atoms with Crippen molar-refractivity contribution in [3.63, 3.8) is 0 Å². The van der Waals surface area contributed by atoms with Gasteiger partial charge in [-0.1, -0.05) is 12.1 Å². The summed E-state index contributed by atoms with van der Waals surface area (Å²) in [5.74, 6) is 0.554.